The molecule has 0 bridgehead atoms. The second kappa shape index (κ2) is 7.17. The quantitative estimate of drug-likeness (QED) is 0.919. The fourth-order valence-electron chi connectivity index (χ4n) is 2.88. The molecule has 2 amide bonds. The number of carbonyl (C=O) groups excluding carboxylic acids is 2. The molecule has 0 saturated carbocycles. The molecule has 1 atom stereocenters. The molecule has 124 valence electrons. The minimum atomic E-state index is -0.153. The van der Waals surface area contributed by atoms with Crippen LogP contribution in [0.3, 0.4) is 0 Å². The normalized spacial score (nSPS) is 17.0. The Morgan fingerprint density at radius 3 is 2.75 bits per heavy atom. The molecule has 5 heteroatoms. The average molecular weight is 324 g/mol. The summed E-state index contributed by atoms with van der Waals surface area (Å²) in [6.45, 7) is 1.10. The number of hydrogen-bond acceptors (Lipinski definition) is 3. The Labute approximate surface area is 141 Å². The molecule has 0 spiro atoms. The highest BCUT2D eigenvalue weighted by Gasteiger charge is 2.30. The zero-order valence-corrected chi connectivity index (χ0v) is 13.6. The van der Waals surface area contributed by atoms with E-state index < -0.39 is 0 Å². The van der Waals surface area contributed by atoms with Crippen molar-refractivity contribution < 1.29 is 14.3 Å². The smallest absolute Gasteiger partial charge is 0.251 e. The molecule has 0 aliphatic carbocycles. The van der Waals surface area contributed by atoms with Gasteiger partial charge >= 0.3 is 0 Å². The lowest BCUT2D eigenvalue weighted by atomic mass is 10.1. The van der Waals surface area contributed by atoms with Crippen LogP contribution in [-0.2, 0) is 4.79 Å². The van der Waals surface area contributed by atoms with E-state index in [2.05, 4.69) is 5.32 Å². The average Bonchev–Trinajstić information content (AvgIpc) is 3.01. The molecule has 3 rings (SSSR count). The number of para-hydroxylation sites is 1. The van der Waals surface area contributed by atoms with E-state index in [-0.39, 0.29) is 17.7 Å². The fourth-order valence-corrected chi connectivity index (χ4v) is 2.88. The largest absolute Gasteiger partial charge is 0.497 e. The summed E-state index contributed by atoms with van der Waals surface area (Å²) in [5, 5.41) is 2.91. The zero-order chi connectivity index (χ0) is 16.9. The van der Waals surface area contributed by atoms with Crippen molar-refractivity contribution in [3.63, 3.8) is 0 Å². The van der Waals surface area contributed by atoms with Crippen molar-refractivity contribution in [1.82, 2.24) is 5.32 Å². The predicted molar refractivity (Wildman–Crippen MR) is 92.2 cm³/mol. The summed E-state index contributed by atoms with van der Waals surface area (Å²) in [5.74, 6) is 0.711. The van der Waals surface area contributed by atoms with Gasteiger partial charge < -0.3 is 15.0 Å². The Morgan fingerprint density at radius 1 is 1.21 bits per heavy atom. The highest BCUT2D eigenvalue weighted by Crippen LogP contribution is 2.24. The van der Waals surface area contributed by atoms with Gasteiger partial charge in [0.1, 0.15) is 5.75 Å². The lowest BCUT2D eigenvalue weighted by Gasteiger charge is -2.17. The fraction of sp³-hybridized carbons (Fsp3) is 0.263. The minimum absolute atomic E-state index is 0.0989. The van der Waals surface area contributed by atoms with Gasteiger partial charge in [-0.1, -0.05) is 24.3 Å². The van der Waals surface area contributed by atoms with Crippen LogP contribution in [0.15, 0.2) is 54.6 Å². The topological polar surface area (TPSA) is 58.6 Å². The van der Waals surface area contributed by atoms with Crippen LogP contribution in [0.4, 0.5) is 5.69 Å². The van der Waals surface area contributed by atoms with Gasteiger partial charge in [-0.2, -0.15) is 0 Å². The summed E-state index contributed by atoms with van der Waals surface area (Å²) in [6.07, 6.45) is 0.452. The van der Waals surface area contributed by atoms with Gasteiger partial charge in [-0.3, -0.25) is 9.59 Å². The summed E-state index contributed by atoms with van der Waals surface area (Å²) in [6, 6.07) is 16.6. The Bertz CT molecular complexity index is 730. The van der Waals surface area contributed by atoms with Gasteiger partial charge in [-0.05, 0) is 30.3 Å². The Hall–Kier alpha value is -2.82. The Morgan fingerprint density at radius 2 is 2.00 bits per heavy atom. The number of hydrogen-bond donors (Lipinski definition) is 1. The molecule has 1 saturated heterocycles. The molecule has 1 unspecified atom stereocenters. The molecular weight excluding hydrogens is 304 g/mol. The Kier molecular flexibility index (Phi) is 4.79. The molecule has 1 aliphatic rings. The van der Waals surface area contributed by atoms with E-state index >= 15 is 0 Å². The van der Waals surface area contributed by atoms with E-state index in [1.165, 1.54) is 0 Å². The molecule has 1 aliphatic heterocycles. The first-order chi connectivity index (χ1) is 11.7. The number of carbonyl (C=O) groups is 2. The van der Waals surface area contributed by atoms with Gasteiger partial charge in [0, 0.05) is 36.7 Å². The summed E-state index contributed by atoms with van der Waals surface area (Å²) < 4.78 is 5.13. The van der Waals surface area contributed by atoms with Crippen molar-refractivity contribution in [3.8, 4) is 5.75 Å². The van der Waals surface area contributed by atoms with Gasteiger partial charge in [0.25, 0.3) is 5.91 Å². The van der Waals surface area contributed by atoms with Gasteiger partial charge in [0.2, 0.25) is 5.91 Å². The summed E-state index contributed by atoms with van der Waals surface area (Å²) in [4.78, 5) is 26.2. The minimum Gasteiger partial charge on any atom is -0.497 e. The molecule has 24 heavy (non-hydrogen) atoms. The van der Waals surface area contributed by atoms with E-state index in [1.54, 1.807) is 36.3 Å². The van der Waals surface area contributed by atoms with Crippen molar-refractivity contribution in [3.05, 3.63) is 60.2 Å². The van der Waals surface area contributed by atoms with Crippen molar-refractivity contribution in [2.45, 2.75) is 6.42 Å². The monoisotopic (exact) mass is 324 g/mol. The third kappa shape index (κ3) is 3.56. The van der Waals surface area contributed by atoms with E-state index in [1.807, 2.05) is 30.3 Å². The van der Waals surface area contributed by atoms with Crippen LogP contribution in [0.5, 0.6) is 5.75 Å². The van der Waals surface area contributed by atoms with Crippen molar-refractivity contribution in [2.75, 3.05) is 25.1 Å². The van der Waals surface area contributed by atoms with E-state index in [9.17, 15) is 9.59 Å². The highest BCUT2D eigenvalue weighted by atomic mass is 16.5. The zero-order valence-electron chi connectivity index (χ0n) is 13.6. The van der Waals surface area contributed by atoms with Crippen LogP contribution in [0, 0.1) is 5.92 Å². The lowest BCUT2D eigenvalue weighted by Crippen LogP contribution is -2.31. The first-order valence-corrected chi connectivity index (χ1v) is 7.95. The number of rotatable bonds is 5. The highest BCUT2D eigenvalue weighted by molar-refractivity contribution is 5.96. The van der Waals surface area contributed by atoms with Crippen molar-refractivity contribution in [1.29, 1.82) is 0 Å². The molecule has 1 N–H and O–H groups in total. The number of amides is 2. The third-order valence-corrected chi connectivity index (χ3v) is 4.16. The second-order valence-corrected chi connectivity index (χ2v) is 5.85. The lowest BCUT2D eigenvalue weighted by molar-refractivity contribution is -0.117. The maximum Gasteiger partial charge on any atom is 0.251 e. The van der Waals surface area contributed by atoms with Crippen LogP contribution in [0.2, 0.25) is 0 Å². The third-order valence-electron chi connectivity index (χ3n) is 4.16. The van der Waals surface area contributed by atoms with Crippen LogP contribution >= 0.6 is 0 Å². The van der Waals surface area contributed by atoms with Crippen molar-refractivity contribution >= 4 is 17.5 Å². The Balaban J connectivity index is 1.57. The molecular formula is C19H20N2O3. The number of methoxy groups -OCH3 is 1. The maximum atomic E-state index is 12.2. The van der Waals surface area contributed by atoms with Crippen LogP contribution in [0.25, 0.3) is 0 Å². The summed E-state index contributed by atoms with van der Waals surface area (Å²) in [7, 11) is 1.57. The molecule has 1 heterocycles. The van der Waals surface area contributed by atoms with E-state index in [0.717, 1.165) is 5.69 Å². The molecule has 2 aromatic rings. The SMILES string of the molecule is COc1cccc(C(=O)NCC2CC(=O)N(c3ccccc3)C2)c1. The van der Waals surface area contributed by atoms with Crippen LogP contribution in [-0.4, -0.2) is 32.0 Å². The number of anilines is 1. The van der Waals surface area contributed by atoms with E-state index in [0.29, 0.717) is 30.8 Å². The summed E-state index contributed by atoms with van der Waals surface area (Å²) >= 11 is 0. The van der Waals surface area contributed by atoms with Crippen molar-refractivity contribution in [2.24, 2.45) is 5.92 Å². The maximum absolute atomic E-state index is 12.2. The first-order valence-electron chi connectivity index (χ1n) is 7.95. The molecule has 2 aromatic carbocycles. The second-order valence-electron chi connectivity index (χ2n) is 5.85. The van der Waals surface area contributed by atoms with Crippen LogP contribution in [0.1, 0.15) is 16.8 Å². The van der Waals surface area contributed by atoms with Gasteiger partial charge in [0.05, 0.1) is 7.11 Å². The molecule has 5 nitrogen and oxygen atoms in total. The number of ether oxygens (including phenoxy) is 1. The number of benzene rings is 2. The number of nitrogens with one attached hydrogen (secondary N) is 1. The van der Waals surface area contributed by atoms with Crippen LogP contribution < -0.4 is 15.0 Å². The van der Waals surface area contributed by atoms with Gasteiger partial charge in [0.15, 0.2) is 0 Å². The number of nitrogens with zero attached hydrogens (tertiary/aromatic N) is 1. The predicted octanol–water partition coefficient (Wildman–Crippen LogP) is 2.48. The first kappa shape index (κ1) is 16.1. The molecule has 1 fully saturated rings. The molecule has 0 aromatic heterocycles. The molecule has 0 radical (unpaired) electrons. The summed E-state index contributed by atoms with van der Waals surface area (Å²) in [5.41, 5.74) is 1.46. The van der Waals surface area contributed by atoms with Gasteiger partial charge in [-0.15, -0.1) is 0 Å². The standard InChI is InChI=1S/C19H20N2O3/c1-24-17-9-5-6-15(11-17)19(23)20-12-14-10-18(22)21(13-14)16-7-3-2-4-8-16/h2-9,11,14H,10,12-13H2,1H3,(H,20,23). The van der Waals surface area contributed by atoms with E-state index in [4.69, 9.17) is 4.74 Å². The van der Waals surface area contributed by atoms with Gasteiger partial charge in [-0.25, -0.2) is 0 Å².